The van der Waals surface area contributed by atoms with Gasteiger partial charge in [0.15, 0.2) is 0 Å². The topological polar surface area (TPSA) is 113 Å². The Morgan fingerprint density at radius 3 is 1.68 bits per heavy atom. The molecule has 7 rings (SSSR count). The van der Waals surface area contributed by atoms with Gasteiger partial charge in [0.05, 0.1) is 57.2 Å². The second-order valence-electron chi connectivity index (χ2n) is 9.47. The molecule has 40 heavy (non-hydrogen) atoms. The molecule has 2 aromatic heterocycles. The van der Waals surface area contributed by atoms with E-state index < -0.39 is 0 Å². The standard InChI is InChI=1S/C34H15N5O/c35-16-20-4-8-31-25(12-20)26-13-21(17-36)5-9-32(26)39(31)30-3-1-2-24(29(30)19-38)23-7-11-34-28(15-23)27-14-22(18-37)6-10-33(27)40-34/h1-15H. The number of hydrogen-bond donors (Lipinski definition) is 0. The molecule has 0 aliphatic heterocycles. The van der Waals surface area contributed by atoms with E-state index in [4.69, 9.17) is 4.42 Å². The fourth-order valence-corrected chi connectivity index (χ4v) is 5.52. The van der Waals surface area contributed by atoms with E-state index in [2.05, 4.69) is 24.3 Å². The van der Waals surface area contributed by atoms with Crippen molar-refractivity contribution in [3.63, 3.8) is 0 Å². The zero-order valence-corrected chi connectivity index (χ0v) is 20.8. The van der Waals surface area contributed by atoms with E-state index in [1.165, 1.54) is 0 Å². The second kappa shape index (κ2) is 8.61. The van der Waals surface area contributed by atoms with Gasteiger partial charge in [-0.25, -0.2) is 0 Å². The highest BCUT2D eigenvalue weighted by Crippen LogP contribution is 2.38. The molecule has 0 spiro atoms. The SMILES string of the molecule is N#Cc1ccc2oc3ccc(-c4cccc(-n5c6ccc(C#N)cc6c6cc(C#N)ccc65)c4C#N)cc3c2c1. The quantitative estimate of drug-likeness (QED) is 0.236. The lowest BCUT2D eigenvalue weighted by atomic mass is 9.97. The van der Waals surface area contributed by atoms with E-state index in [1.54, 1.807) is 24.3 Å². The molecule has 0 unspecified atom stereocenters. The third-order valence-electron chi connectivity index (χ3n) is 7.33. The highest BCUT2D eigenvalue weighted by atomic mass is 16.3. The van der Waals surface area contributed by atoms with E-state index in [0.29, 0.717) is 39.1 Å². The molecule has 0 saturated carbocycles. The van der Waals surface area contributed by atoms with Crippen LogP contribution in [0.2, 0.25) is 0 Å². The van der Waals surface area contributed by atoms with Crippen molar-refractivity contribution < 1.29 is 4.42 Å². The van der Waals surface area contributed by atoms with Crippen LogP contribution in [-0.2, 0) is 0 Å². The van der Waals surface area contributed by atoms with Crippen molar-refractivity contribution in [2.45, 2.75) is 0 Å². The predicted molar refractivity (Wildman–Crippen MR) is 152 cm³/mol. The van der Waals surface area contributed by atoms with Crippen molar-refractivity contribution in [2.24, 2.45) is 0 Å². The normalized spacial score (nSPS) is 10.9. The summed E-state index contributed by atoms with van der Waals surface area (Å²) in [6.07, 6.45) is 0. The van der Waals surface area contributed by atoms with Crippen LogP contribution in [0.1, 0.15) is 22.3 Å². The monoisotopic (exact) mass is 509 g/mol. The summed E-state index contributed by atoms with van der Waals surface area (Å²) in [6, 6.07) is 36.8. The molecule has 0 aliphatic carbocycles. The second-order valence-corrected chi connectivity index (χ2v) is 9.47. The van der Waals surface area contributed by atoms with Crippen molar-refractivity contribution >= 4 is 43.7 Å². The fraction of sp³-hybridized carbons (Fsp3) is 0. The van der Waals surface area contributed by atoms with Crippen LogP contribution in [0, 0.1) is 45.3 Å². The fourth-order valence-electron chi connectivity index (χ4n) is 5.52. The molecule has 182 valence electrons. The Labute approximate surface area is 228 Å². The minimum Gasteiger partial charge on any atom is -0.456 e. The van der Waals surface area contributed by atoms with Gasteiger partial charge in [0, 0.05) is 27.1 Å². The van der Waals surface area contributed by atoms with Gasteiger partial charge in [-0.2, -0.15) is 21.0 Å². The van der Waals surface area contributed by atoms with Gasteiger partial charge in [-0.1, -0.05) is 18.2 Å². The van der Waals surface area contributed by atoms with E-state index in [-0.39, 0.29) is 0 Å². The van der Waals surface area contributed by atoms with Crippen LogP contribution in [0.25, 0.3) is 60.6 Å². The van der Waals surface area contributed by atoms with Crippen molar-refractivity contribution in [2.75, 3.05) is 0 Å². The number of furan rings is 1. The van der Waals surface area contributed by atoms with Crippen LogP contribution >= 0.6 is 0 Å². The maximum absolute atomic E-state index is 10.5. The molecule has 7 aromatic rings. The Kier molecular flexibility index (Phi) is 4.91. The summed E-state index contributed by atoms with van der Waals surface area (Å²) < 4.78 is 8.01. The number of rotatable bonds is 2. The van der Waals surface area contributed by atoms with Crippen LogP contribution in [0.4, 0.5) is 0 Å². The van der Waals surface area contributed by atoms with E-state index in [9.17, 15) is 21.0 Å². The molecule has 2 heterocycles. The molecule has 6 nitrogen and oxygen atoms in total. The van der Waals surface area contributed by atoms with Gasteiger partial charge < -0.3 is 8.98 Å². The lowest BCUT2D eigenvalue weighted by Crippen LogP contribution is -1.99. The molecule has 6 heteroatoms. The number of benzene rings is 5. The predicted octanol–water partition coefficient (Wildman–Crippen LogP) is 7.84. The summed E-state index contributed by atoms with van der Waals surface area (Å²) in [6.45, 7) is 0. The maximum Gasteiger partial charge on any atom is 0.135 e. The molecule has 0 amide bonds. The summed E-state index contributed by atoms with van der Waals surface area (Å²) in [4.78, 5) is 0. The molecular formula is C34H15N5O. The molecule has 5 aromatic carbocycles. The highest BCUT2D eigenvalue weighted by Gasteiger charge is 2.19. The Morgan fingerprint density at radius 2 is 1.07 bits per heavy atom. The average molecular weight is 510 g/mol. The largest absolute Gasteiger partial charge is 0.456 e. The molecule has 0 bridgehead atoms. The smallest absolute Gasteiger partial charge is 0.135 e. The summed E-state index contributed by atoms with van der Waals surface area (Å²) >= 11 is 0. The van der Waals surface area contributed by atoms with Crippen molar-refractivity contribution in [1.82, 2.24) is 4.57 Å². The summed E-state index contributed by atoms with van der Waals surface area (Å²) in [5.74, 6) is 0. The Bertz CT molecular complexity index is 2310. The van der Waals surface area contributed by atoms with Gasteiger partial charge in [-0.3, -0.25) is 0 Å². The summed E-state index contributed by atoms with van der Waals surface area (Å²) in [5, 5.41) is 42.3. The minimum atomic E-state index is 0.486. The third kappa shape index (κ3) is 3.25. The van der Waals surface area contributed by atoms with E-state index >= 15 is 0 Å². The number of fused-ring (bicyclic) bond motifs is 6. The molecule has 0 N–H and O–H groups in total. The van der Waals surface area contributed by atoms with Crippen LogP contribution in [0.15, 0.2) is 95.4 Å². The first-order valence-electron chi connectivity index (χ1n) is 12.4. The Hall–Kier alpha value is -6.34. The van der Waals surface area contributed by atoms with Crippen LogP contribution in [0.3, 0.4) is 0 Å². The zero-order chi connectivity index (χ0) is 27.4. The molecule has 0 fully saturated rings. The lowest BCUT2D eigenvalue weighted by molar-refractivity contribution is 0.669. The number of hydrogen-bond acceptors (Lipinski definition) is 5. The van der Waals surface area contributed by atoms with Gasteiger partial charge >= 0.3 is 0 Å². The minimum absolute atomic E-state index is 0.486. The van der Waals surface area contributed by atoms with Gasteiger partial charge in [0.2, 0.25) is 0 Å². The first kappa shape index (κ1) is 22.8. The van der Waals surface area contributed by atoms with Crippen LogP contribution in [0.5, 0.6) is 0 Å². The van der Waals surface area contributed by atoms with Gasteiger partial charge in [-0.05, 0) is 78.4 Å². The van der Waals surface area contributed by atoms with Crippen LogP contribution in [-0.4, -0.2) is 4.57 Å². The number of nitriles is 4. The van der Waals surface area contributed by atoms with Crippen molar-refractivity contribution in [3.8, 4) is 41.1 Å². The molecule has 0 saturated heterocycles. The maximum atomic E-state index is 10.5. The molecule has 0 atom stereocenters. The zero-order valence-electron chi connectivity index (χ0n) is 20.8. The molecule has 0 radical (unpaired) electrons. The highest BCUT2D eigenvalue weighted by molar-refractivity contribution is 6.11. The Morgan fingerprint density at radius 1 is 0.525 bits per heavy atom. The number of nitrogens with zero attached hydrogens (tertiary/aromatic N) is 5. The third-order valence-corrected chi connectivity index (χ3v) is 7.33. The Balaban J connectivity index is 1.51. The van der Waals surface area contributed by atoms with E-state index in [0.717, 1.165) is 43.7 Å². The summed E-state index contributed by atoms with van der Waals surface area (Å²) in [5.41, 5.74) is 7.42. The average Bonchev–Trinajstić information content (AvgIpc) is 3.54. The number of aromatic nitrogens is 1. The van der Waals surface area contributed by atoms with E-state index in [1.807, 2.05) is 71.3 Å². The lowest BCUT2D eigenvalue weighted by Gasteiger charge is -2.13. The first-order chi connectivity index (χ1) is 19.6. The molecule has 0 aliphatic rings. The summed E-state index contributed by atoms with van der Waals surface area (Å²) in [7, 11) is 0. The van der Waals surface area contributed by atoms with Crippen molar-refractivity contribution in [1.29, 1.82) is 21.0 Å². The van der Waals surface area contributed by atoms with Gasteiger partial charge in [0.25, 0.3) is 0 Å². The van der Waals surface area contributed by atoms with Gasteiger partial charge in [-0.15, -0.1) is 0 Å². The van der Waals surface area contributed by atoms with Crippen LogP contribution < -0.4 is 0 Å². The van der Waals surface area contributed by atoms with Gasteiger partial charge in [0.1, 0.15) is 17.2 Å². The first-order valence-corrected chi connectivity index (χ1v) is 12.4. The molecular weight excluding hydrogens is 494 g/mol. The van der Waals surface area contributed by atoms with Crippen molar-refractivity contribution in [3.05, 3.63) is 113 Å².